The van der Waals surface area contributed by atoms with E-state index in [4.69, 9.17) is 5.11 Å². The van der Waals surface area contributed by atoms with Crippen LogP contribution in [-0.2, 0) is 0 Å². The predicted molar refractivity (Wildman–Crippen MR) is 44.4 cm³/mol. The fourth-order valence-electron chi connectivity index (χ4n) is 2.07. The lowest BCUT2D eigenvalue weighted by Crippen LogP contribution is -2.54. The topological polar surface area (TPSA) is 23.5 Å². The Morgan fingerprint density at radius 2 is 2.09 bits per heavy atom. The Balaban J connectivity index is 1.79. The van der Waals surface area contributed by atoms with Gasteiger partial charge in [0.2, 0.25) is 0 Å². The molecule has 2 rings (SSSR count). The van der Waals surface area contributed by atoms with Gasteiger partial charge in [0.05, 0.1) is 6.61 Å². The van der Waals surface area contributed by atoms with E-state index < -0.39 is 0 Å². The van der Waals surface area contributed by atoms with Crippen molar-refractivity contribution >= 4 is 0 Å². The average molecular weight is 155 g/mol. The Bertz CT molecular complexity index is 142. The van der Waals surface area contributed by atoms with Crippen LogP contribution in [-0.4, -0.2) is 35.7 Å². The Morgan fingerprint density at radius 3 is 2.45 bits per heavy atom. The van der Waals surface area contributed by atoms with E-state index >= 15 is 0 Å². The lowest BCUT2D eigenvalue weighted by Gasteiger charge is -2.44. The summed E-state index contributed by atoms with van der Waals surface area (Å²) in [7, 11) is 0. The highest BCUT2D eigenvalue weighted by Crippen LogP contribution is 2.53. The molecule has 1 saturated heterocycles. The molecule has 1 heterocycles. The highest BCUT2D eigenvalue weighted by molar-refractivity contribution is 5.06. The molecule has 1 spiro atoms. The molecule has 2 heteroatoms. The Labute approximate surface area is 68.2 Å². The molecule has 1 N–H and O–H groups in total. The van der Waals surface area contributed by atoms with Gasteiger partial charge in [-0.2, -0.15) is 0 Å². The van der Waals surface area contributed by atoms with Crippen molar-refractivity contribution in [2.24, 2.45) is 5.41 Å². The third kappa shape index (κ3) is 1.18. The molecule has 0 bridgehead atoms. The van der Waals surface area contributed by atoms with E-state index in [1.54, 1.807) is 0 Å². The summed E-state index contributed by atoms with van der Waals surface area (Å²) in [4.78, 5) is 2.42. The van der Waals surface area contributed by atoms with Gasteiger partial charge in [-0.3, -0.25) is 4.90 Å². The lowest BCUT2D eigenvalue weighted by molar-refractivity contribution is 0.00936. The molecule has 0 aromatic heterocycles. The van der Waals surface area contributed by atoms with Crippen LogP contribution in [0.25, 0.3) is 0 Å². The zero-order valence-corrected chi connectivity index (χ0v) is 7.21. The highest BCUT2D eigenvalue weighted by Gasteiger charge is 2.53. The first-order valence-electron chi connectivity index (χ1n) is 4.64. The summed E-state index contributed by atoms with van der Waals surface area (Å²) in [6.45, 7) is 5.00. The van der Waals surface area contributed by atoms with E-state index in [0.29, 0.717) is 12.6 Å². The first-order chi connectivity index (χ1) is 5.29. The van der Waals surface area contributed by atoms with Crippen LogP contribution in [0.2, 0.25) is 0 Å². The quantitative estimate of drug-likeness (QED) is 0.653. The van der Waals surface area contributed by atoms with E-state index in [2.05, 4.69) is 11.8 Å². The second kappa shape index (κ2) is 2.46. The van der Waals surface area contributed by atoms with Crippen LogP contribution in [0, 0.1) is 5.41 Å². The normalized spacial score (nSPS) is 30.0. The molecule has 1 saturated carbocycles. The minimum atomic E-state index is 0.340. The maximum Gasteiger partial charge on any atom is 0.0586 e. The second-order valence-corrected chi connectivity index (χ2v) is 4.15. The SMILES string of the molecule is CC[C@H](CO)N1CC2(CC2)C1. The van der Waals surface area contributed by atoms with Crippen LogP contribution in [0.5, 0.6) is 0 Å². The summed E-state index contributed by atoms with van der Waals surface area (Å²) in [5.41, 5.74) is 0.739. The summed E-state index contributed by atoms with van der Waals surface area (Å²) in [6.07, 6.45) is 3.96. The number of hydrogen-bond donors (Lipinski definition) is 1. The van der Waals surface area contributed by atoms with Crippen LogP contribution in [0.3, 0.4) is 0 Å². The number of aliphatic hydroxyl groups is 1. The number of hydrogen-bond acceptors (Lipinski definition) is 2. The number of nitrogens with zero attached hydrogens (tertiary/aromatic N) is 1. The molecule has 0 aromatic rings. The molecule has 0 unspecified atom stereocenters. The molecule has 64 valence electrons. The minimum Gasteiger partial charge on any atom is -0.395 e. The maximum absolute atomic E-state index is 9.01. The van der Waals surface area contributed by atoms with Crippen molar-refractivity contribution in [2.75, 3.05) is 19.7 Å². The average Bonchev–Trinajstić information content (AvgIpc) is 2.68. The molecule has 1 aliphatic heterocycles. The lowest BCUT2D eigenvalue weighted by atomic mass is 9.94. The summed E-state index contributed by atoms with van der Waals surface area (Å²) in [5.74, 6) is 0. The summed E-state index contributed by atoms with van der Waals surface area (Å²) < 4.78 is 0. The van der Waals surface area contributed by atoms with Crippen molar-refractivity contribution in [3.8, 4) is 0 Å². The van der Waals surface area contributed by atoms with Crippen LogP contribution in [0.15, 0.2) is 0 Å². The van der Waals surface area contributed by atoms with Crippen LogP contribution < -0.4 is 0 Å². The number of rotatable bonds is 3. The molecule has 0 amide bonds. The van der Waals surface area contributed by atoms with Crippen LogP contribution >= 0.6 is 0 Å². The Kier molecular flexibility index (Phi) is 1.69. The molecule has 0 radical (unpaired) electrons. The van der Waals surface area contributed by atoms with Gasteiger partial charge in [-0.05, 0) is 24.7 Å². The van der Waals surface area contributed by atoms with E-state index in [0.717, 1.165) is 11.8 Å². The molecular weight excluding hydrogens is 138 g/mol. The van der Waals surface area contributed by atoms with Crippen molar-refractivity contribution in [2.45, 2.75) is 32.2 Å². The zero-order chi connectivity index (χ0) is 7.90. The first-order valence-corrected chi connectivity index (χ1v) is 4.64. The summed E-state index contributed by atoms with van der Waals surface area (Å²) >= 11 is 0. The van der Waals surface area contributed by atoms with Gasteiger partial charge in [0, 0.05) is 19.1 Å². The Morgan fingerprint density at radius 1 is 1.45 bits per heavy atom. The second-order valence-electron chi connectivity index (χ2n) is 4.15. The van der Waals surface area contributed by atoms with Gasteiger partial charge in [-0.25, -0.2) is 0 Å². The predicted octanol–water partition coefficient (Wildman–Crippen LogP) is 0.853. The monoisotopic (exact) mass is 155 g/mol. The van der Waals surface area contributed by atoms with E-state index in [1.165, 1.54) is 25.9 Å². The van der Waals surface area contributed by atoms with Gasteiger partial charge < -0.3 is 5.11 Å². The van der Waals surface area contributed by atoms with Crippen LogP contribution in [0.1, 0.15) is 26.2 Å². The molecular formula is C9H17NO. The van der Waals surface area contributed by atoms with Gasteiger partial charge in [-0.15, -0.1) is 0 Å². The molecule has 1 atom stereocenters. The zero-order valence-electron chi connectivity index (χ0n) is 7.21. The van der Waals surface area contributed by atoms with Crippen molar-refractivity contribution < 1.29 is 5.11 Å². The maximum atomic E-state index is 9.01. The summed E-state index contributed by atoms with van der Waals surface area (Å²) in [5, 5.41) is 9.01. The smallest absolute Gasteiger partial charge is 0.0586 e. The van der Waals surface area contributed by atoms with E-state index in [-0.39, 0.29) is 0 Å². The Hall–Kier alpha value is -0.0800. The third-order valence-corrected chi connectivity index (χ3v) is 3.23. The number of likely N-dealkylation sites (tertiary alicyclic amines) is 1. The van der Waals surface area contributed by atoms with Gasteiger partial charge >= 0.3 is 0 Å². The summed E-state index contributed by atoms with van der Waals surface area (Å²) in [6, 6.07) is 0.446. The minimum absolute atomic E-state index is 0.340. The third-order valence-electron chi connectivity index (χ3n) is 3.23. The first kappa shape index (κ1) is 7.56. The molecule has 0 aromatic carbocycles. The molecule has 2 fully saturated rings. The van der Waals surface area contributed by atoms with Crippen molar-refractivity contribution in [1.82, 2.24) is 4.90 Å². The van der Waals surface area contributed by atoms with Crippen LogP contribution in [0.4, 0.5) is 0 Å². The van der Waals surface area contributed by atoms with Gasteiger partial charge in [0.25, 0.3) is 0 Å². The fourth-order valence-corrected chi connectivity index (χ4v) is 2.07. The number of aliphatic hydroxyl groups excluding tert-OH is 1. The van der Waals surface area contributed by atoms with Crippen molar-refractivity contribution in [3.05, 3.63) is 0 Å². The van der Waals surface area contributed by atoms with Gasteiger partial charge in [0.15, 0.2) is 0 Å². The highest BCUT2D eigenvalue weighted by atomic mass is 16.3. The molecule has 2 aliphatic rings. The van der Waals surface area contributed by atoms with Gasteiger partial charge in [0.1, 0.15) is 0 Å². The van der Waals surface area contributed by atoms with Gasteiger partial charge in [-0.1, -0.05) is 6.92 Å². The molecule has 1 aliphatic carbocycles. The van der Waals surface area contributed by atoms with Crippen molar-refractivity contribution in [3.63, 3.8) is 0 Å². The van der Waals surface area contributed by atoms with Crippen molar-refractivity contribution in [1.29, 1.82) is 0 Å². The van der Waals surface area contributed by atoms with E-state index in [1.807, 2.05) is 0 Å². The standard InChI is InChI=1S/C9H17NO/c1-2-8(5-11)10-6-9(7-10)3-4-9/h8,11H,2-7H2,1H3/t8-/m1/s1. The largest absolute Gasteiger partial charge is 0.395 e. The van der Waals surface area contributed by atoms with E-state index in [9.17, 15) is 0 Å². The fraction of sp³-hybridized carbons (Fsp3) is 1.00. The molecule has 11 heavy (non-hydrogen) atoms. The molecule has 2 nitrogen and oxygen atoms in total.